The molecule has 7 heteroatoms. The van der Waals surface area contributed by atoms with E-state index in [-0.39, 0.29) is 17.8 Å². The molecule has 3 aromatic rings. The van der Waals surface area contributed by atoms with Crippen LogP contribution < -0.4 is 15.0 Å². The molecule has 1 aliphatic heterocycles. The van der Waals surface area contributed by atoms with E-state index in [1.54, 1.807) is 30.3 Å². The van der Waals surface area contributed by atoms with Crippen molar-refractivity contribution in [2.24, 2.45) is 0 Å². The maximum Gasteiger partial charge on any atom is 0.270 e. The molecule has 7 nitrogen and oxygen atoms in total. The first-order chi connectivity index (χ1) is 17.9. The Balaban J connectivity index is 1.58. The summed E-state index contributed by atoms with van der Waals surface area (Å²) in [6.45, 7) is 0.268. The molecule has 0 saturated heterocycles. The molecular formula is C28H27N3O4. The number of likely N-dealkylation sites (N-methyl/N-ethyl adjacent to an activating group) is 1. The normalized spacial score (nSPS) is 17.0. The molecule has 2 heterocycles. The SMILES string of the molecule is [2H]C([2H])([2H])N1C(=O)C(NC(=O)c2cc(Oc3ccccc3)ccn2)CCc2ccc(C#CC(C)(C)O)cc21. The molecule has 1 unspecified atom stereocenters. The number of pyridine rings is 1. The third-order valence-electron chi connectivity index (χ3n) is 5.31. The molecule has 0 fully saturated rings. The minimum atomic E-state index is -2.80. The molecule has 0 radical (unpaired) electrons. The lowest BCUT2D eigenvalue weighted by molar-refractivity contribution is -0.120. The second-order valence-corrected chi connectivity index (χ2v) is 8.68. The van der Waals surface area contributed by atoms with Gasteiger partial charge in [-0.15, -0.1) is 0 Å². The van der Waals surface area contributed by atoms with Crippen molar-refractivity contribution in [3.05, 3.63) is 83.7 Å². The van der Waals surface area contributed by atoms with E-state index in [1.165, 1.54) is 32.2 Å². The maximum absolute atomic E-state index is 13.5. The molecule has 0 aliphatic carbocycles. The highest BCUT2D eigenvalue weighted by Crippen LogP contribution is 2.28. The third kappa shape index (κ3) is 6.05. The summed E-state index contributed by atoms with van der Waals surface area (Å²) in [5.74, 6) is 5.08. The molecule has 1 aromatic heterocycles. The van der Waals surface area contributed by atoms with Crippen LogP contribution >= 0.6 is 0 Å². The Morgan fingerprint density at radius 1 is 1.20 bits per heavy atom. The summed E-state index contributed by atoms with van der Waals surface area (Å²) in [6, 6.07) is 15.9. The van der Waals surface area contributed by atoms with Gasteiger partial charge in [0, 0.05) is 34.6 Å². The number of aryl methyl sites for hydroxylation is 1. The number of aromatic nitrogens is 1. The van der Waals surface area contributed by atoms with Crippen LogP contribution in [-0.4, -0.2) is 40.5 Å². The average molecular weight is 473 g/mol. The van der Waals surface area contributed by atoms with Gasteiger partial charge in [0.1, 0.15) is 28.8 Å². The second kappa shape index (κ2) is 10.00. The third-order valence-corrected chi connectivity index (χ3v) is 5.31. The molecule has 178 valence electrons. The fraction of sp³-hybridized carbons (Fsp3) is 0.250. The van der Waals surface area contributed by atoms with Crippen LogP contribution in [-0.2, 0) is 11.2 Å². The van der Waals surface area contributed by atoms with E-state index in [0.717, 1.165) is 4.90 Å². The highest BCUT2D eigenvalue weighted by Gasteiger charge is 2.30. The van der Waals surface area contributed by atoms with Crippen molar-refractivity contribution < 1.29 is 23.5 Å². The van der Waals surface area contributed by atoms with E-state index in [2.05, 4.69) is 22.1 Å². The first-order valence-corrected chi connectivity index (χ1v) is 11.1. The topological polar surface area (TPSA) is 91.8 Å². The van der Waals surface area contributed by atoms with E-state index in [4.69, 9.17) is 8.85 Å². The van der Waals surface area contributed by atoms with Crippen LogP contribution in [0.1, 0.15) is 46.0 Å². The summed E-state index contributed by atoms with van der Waals surface area (Å²) >= 11 is 0. The van der Waals surface area contributed by atoms with Crippen molar-refractivity contribution in [1.82, 2.24) is 10.3 Å². The number of carbonyl (C=O) groups is 2. The number of nitrogens with one attached hydrogen (secondary N) is 1. The summed E-state index contributed by atoms with van der Waals surface area (Å²) in [5, 5.41) is 12.6. The standard InChI is InChI=1S/C28H27N3O4/c1-28(2,34)15-13-19-9-10-20-11-12-23(27(33)31(3)25(20)17-19)30-26(32)24-18-22(14-16-29-24)35-21-7-5-4-6-8-21/h4-10,14,16-18,23,34H,11-12H2,1-3H3,(H,30,32)/i3D3. The molecule has 35 heavy (non-hydrogen) atoms. The number of hydrogen-bond donors (Lipinski definition) is 2. The summed E-state index contributed by atoms with van der Waals surface area (Å²) in [4.78, 5) is 31.4. The minimum absolute atomic E-state index is 0.0256. The van der Waals surface area contributed by atoms with Crippen molar-refractivity contribution in [2.75, 3.05) is 11.9 Å². The van der Waals surface area contributed by atoms with Gasteiger partial charge in [-0.2, -0.15) is 0 Å². The maximum atomic E-state index is 13.5. The van der Waals surface area contributed by atoms with Crippen LogP contribution in [0, 0.1) is 11.8 Å². The quantitative estimate of drug-likeness (QED) is 0.565. The first-order valence-electron chi connectivity index (χ1n) is 12.6. The van der Waals surface area contributed by atoms with Gasteiger partial charge >= 0.3 is 0 Å². The van der Waals surface area contributed by atoms with Crippen molar-refractivity contribution in [3.63, 3.8) is 0 Å². The van der Waals surface area contributed by atoms with Gasteiger partial charge in [-0.3, -0.25) is 14.6 Å². The van der Waals surface area contributed by atoms with E-state index in [9.17, 15) is 14.7 Å². The zero-order valence-corrected chi connectivity index (χ0v) is 19.4. The first kappa shape index (κ1) is 20.2. The highest BCUT2D eigenvalue weighted by atomic mass is 16.5. The molecule has 4 rings (SSSR count). The molecule has 1 aliphatic rings. The number of ether oxygens (including phenoxy) is 1. The fourth-order valence-electron chi connectivity index (χ4n) is 3.57. The number of benzene rings is 2. The molecule has 2 aromatic carbocycles. The lowest BCUT2D eigenvalue weighted by atomic mass is 10.0. The van der Waals surface area contributed by atoms with Crippen LogP contribution in [0.15, 0.2) is 66.9 Å². The lowest BCUT2D eigenvalue weighted by Crippen LogP contribution is -2.46. The van der Waals surface area contributed by atoms with Crippen LogP contribution in [0.5, 0.6) is 11.5 Å². The molecule has 0 bridgehead atoms. The predicted octanol–water partition coefficient (Wildman–Crippen LogP) is 3.70. The van der Waals surface area contributed by atoms with Gasteiger partial charge in [-0.1, -0.05) is 36.1 Å². The zero-order valence-electron chi connectivity index (χ0n) is 22.4. The number of aliphatic hydroxyl groups is 1. The summed E-state index contributed by atoms with van der Waals surface area (Å²) in [7, 11) is 0. The number of amides is 2. The van der Waals surface area contributed by atoms with Gasteiger partial charge < -0.3 is 20.1 Å². The van der Waals surface area contributed by atoms with E-state index < -0.39 is 30.4 Å². The van der Waals surface area contributed by atoms with Gasteiger partial charge in [0.2, 0.25) is 5.91 Å². The van der Waals surface area contributed by atoms with Gasteiger partial charge in [0.15, 0.2) is 0 Å². The lowest BCUT2D eigenvalue weighted by Gasteiger charge is -2.22. The molecule has 0 spiro atoms. The summed E-state index contributed by atoms with van der Waals surface area (Å²) in [5.41, 5.74) is 0.0775. The Morgan fingerprint density at radius 2 is 2.00 bits per heavy atom. The number of anilines is 1. The number of fused-ring (bicyclic) bond motifs is 1. The van der Waals surface area contributed by atoms with Crippen LogP contribution in [0.4, 0.5) is 5.69 Å². The number of carbonyl (C=O) groups excluding carboxylic acids is 2. The molecule has 2 amide bonds. The van der Waals surface area contributed by atoms with Gasteiger partial charge in [0.25, 0.3) is 5.91 Å². The van der Waals surface area contributed by atoms with Crippen molar-refractivity contribution in [2.45, 2.75) is 38.3 Å². The second-order valence-electron chi connectivity index (χ2n) is 8.68. The van der Waals surface area contributed by atoms with E-state index in [0.29, 0.717) is 29.0 Å². The minimum Gasteiger partial charge on any atom is -0.457 e. The van der Waals surface area contributed by atoms with Crippen LogP contribution in [0.3, 0.4) is 0 Å². The Hall–Kier alpha value is -4.15. The Bertz CT molecular complexity index is 1410. The Kier molecular flexibility index (Phi) is 5.78. The summed E-state index contributed by atoms with van der Waals surface area (Å²) in [6.07, 6.45) is 1.96. The van der Waals surface area contributed by atoms with Gasteiger partial charge in [0.05, 0.1) is 0 Å². The number of rotatable bonds is 4. The molecule has 0 saturated carbocycles. The smallest absolute Gasteiger partial charge is 0.270 e. The Morgan fingerprint density at radius 3 is 2.74 bits per heavy atom. The van der Waals surface area contributed by atoms with Gasteiger partial charge in [-0.25, -0.2) is 0 Å². The number of hydrogen-bond acceptors (Lipinski definition) is 5. The number of para-hydroxylation sites is 1. The van der Waals surface area contributed by atoms with Crippen molar-refractivity contribution >= 4 is 17.5 Å². The summed E-state index contributed by atoms with van der Waals surface area (Å²) < 4.78 is 29.9. The Labute approximate surface area is 209 Å². The monoisotopic (exact) mass is 472 g/mol. The molecule has 2 N–H and O–H groups in total. The van der Waals surface area contributed by atoms with Crippen molar-refractivity contribution in [3.8, 4) is 23.3 Å². The highest BCUT2D eigenvalue weighted by molar-refractivity contribution is 6.02. The molecular weight excluding hydrogens is 442 g/mol. The fourth-order valence-corrected chi connectivity index (χ4v) is 3.57. The largest absolute Gasteiger partial charge is 0.457 e. The van der Waals surface area contributed by atoms with E-state index >= 15 is 0 Å². The predicted molar refractivity (Wildman–Crippen MR) is 133 cm³/mol. The molecule has 1 atom stereocenters. The number of nitrogens with zero attached hydrogens (tertiary/aromatic N) is 2. The zero-order chi connectivity index (χ0) is 27.5. The van der Waals surface area contributed by atoms with Gasteiger partial charge in [-0.05, 0) is 62.6 Å². The van der Waals surface area contributed by atoms with Crippen LogP contribution in [0.25, 0.3) is 0 Å². The van der Waals surface area contributed by atoms with E-state index in [1.807, 2.05) is 18.2 Å². The van der Waals surface area contributed by atoms with Crippen molar-refractivity contribution in [1.29, 1.82) is 0 Å². The van der Waals surface area contributed by atoms with Crippen LogP contribution in [0.2, 0.25) is 0 Å². The average Bonchev–Trinajstić information content (AvgIpc) is 2.99.